The molecule has 4 rings (SSSR count). The first-order chi connectivity index (χ1) is 10.8. The Morgan fingerprint density at radius 1 is 1.36 bits per heavy atom. The number of aromatic nitrogens is 4. The Hall–Kier alpha value is -2.45. The van der Waals surface area contributed by atoms with E-state index in [-0.39, 0.29) is 6.61 Å². The van der Waals surface area contributed by atoms with E-state index in [1.807, 2.05) is 18.3 Å². The third-order valence-corrected chi connectivity index (χ3v) is 4.45. The number of aryl methyl sites for hydroxylation is 1. The molecule has 0 aromatic carbocycles. The van der Waals surface area contributed by atoms with Gasteiger partial charge in [-0.1, -0.05) is 0 Å². The second-order valence-corrected chi connectivity index (χ2v) is 5.89. The number of nitrogen functional groups attached to an aromatic ring is 1. The zero-order valence-electron chi connectivity index (χ0n) is 11.6. The number of rotatable bonds is 4. The van der Waals surface area contributed by atoms with Crippen LogP contribution in [0.2, 0.25) is 0 Å². The van der Waals surface area contributed by atoms with Gasteiger partial charge in [-0.3, -0.25) is 0 Å². The van der Waals surface area contributed by atoms with Crippen molar-refractivity contribution in [2.45, 2.75) is 12.8 Å². The zero-order chi connectivity index (χ0) is 15.1. The monoisotopic (exact) mass is 315 g/mol. The standard InChI is InChI=1S/C14H13N5O2S/c15-14-11-12(21-9(18-11)3-1-6-20)13-8(17-14)7-10(22-13)19-5-2-4-16-19/h2,4-5,7,20H,1,3,6H2,(H2,15,17). The van der Waals surface area contributed by atoms with Crippen molar-refractivity contribution in [3.63, 3.8) is 0 Å². The molecule has 0 unspecified atom stereocenters. The SMILES string of the molecule is Nc1nc2cc(-n3cccn3)sc2c2oc(CCCO)nc12. The van der Waals surface area contributed by atoms with Gasteiger partial charge in [-0.15, -0.1) is 11.3 Å². The summed E-state index contributed by atoms with van der Waals surface area (Å²) in [6.45, 7) is 0.102. The summed E-state index contributed by atoms with van der Waals surface area (Å²) in [6, 6.07) is 3.79. The van der Waals surface area contributed by atoms with Gasteiger partial charge in [0.15, 0.2) is 22.8 Å². The first kappa shape index (κ1) is 13.2. The van der Waals surface area contributed by atoms with Crippen LogP contribution in [0.1, 0.15) is 12.3 Å². The van der Waals surface area contributed by atoms with E-state index < -0.39 is 0 Å². The van der Waals surface area contributed by atoms with Crippen LogP contribution in [-0.4, -0.2) is 31.5 Å². The van der Waals surface area contributed by atoms with Gasteiger partial charge in [-0.2, -0.15) is 5.10 Å². The fourth-order valence-corrected chi connectivity index (χ4v) is 3.36. The van der Waals surface area contributed by atoms with Crippen LogP contribution < -0.4 is 5.73 Å². The number of thiophene rings is 1. The van der Waals surface area contributed by atoms with Gasteiger partial charge in [-0.25, -0.2) is 14.6 Å². The Bertz CT molecular complexity index is 941. The molecule has 0 aliphatic heterocycles. The van der Waals surface area contributed by atoms with E-state index in [0.717, 1.165) is 15.2 Å². The van der Waals surface area contributed by atoms with Gasteiger partial charge < -0.3 is 15.3 Å². The maximum Gasteiger partial charge on any atom is 0.195 e. The minimum atomic E-state index is 0.102. The van der Waals surface area contributed by atoms with Crippen LogP contribution in [0, 0.1) is 0 Å². The second kappa shape index (κ2) is 5.08. The van der Waals surface area contributed by atoms with Crippen molar-refractivity contribution in [3.8, 4) is 5.00 Å². The summed E-state index contributed by atoms with van der Waals surface area (Å²) >= 11 is 1.53. The number of hydrogen-bond donors (Lipinski definition) is 2. The lowest BCUT2D eigenvalue weighted by atomic mass is 10.3. The molecule has 3 N–H and O–H groups in total. The van der Waals surface area contributed by atoms with Crippen molar-refractivity contribution in [1.82, 2.24) is 19.7 Å². The Labute approximate surface area is 129 Å². The van der Waals surface area contributed by atoms with Gasteiger partial charge in [0.25, 0.3) is 0 Å². The van der Waals surface area contributed by atoms with Crippen LogP contribution in [0.3, 0.4) is 0 Å². The molecule has 4 aromatic rings. The van der Waals surface area contributed by atoms with E-state index >= 15 is 0 Å². The maximum atomic E-state index is 8.92. The summed E-state index contributed by atoms with van der Waals surface area (Å²) in [6.07, 6.45) is 4.78. The van der Waals surface area contributed by atoms with Crippen LogP contribution in [0.25, 0.3) is 26.3 Å². The van der Waals surface area contributed by atoms with Crippen molar-refractivity contribution in [1.29, 1.82) is 0 Å². The van der Waals surface area contributed by atoms with Crippen LogP contribution >= 0.6 is 11.3 Å². The highest BCUT2D eigenvalue weighted by atomic mass is 32.1. The molecule has 22 heavy (non-hydrogen) atoms. The number of oxazole rings is 1. The number of pyridine rings is 1. The molecule has 0 fully saturated rings. The van der Waals surface area contributed by atoms with Crippen LogP contribution in [0.5, 0.6) is 0 Å². The van der Waals surface area contributed by atoms with E-state index in [4.69, 9.17) is 15.3 Å². The van der Waals surface area contributed by atoms with Crippen molar-refractivity contribution >= 4 is 38.5 Å². The third kappa shape index (κ3) is 2.04. The van der Waals surface area contributed by atoms with Crippen LogP contribution in [0.4, 0.5) is 5.82 Å². The normalized spacial score (nSPS) is 11.7. The summed E-state index contributed by atoms with van der Waals surface area (Å²) in [7, 11) is 0. The maximum absolute atomic E-state index is 8.92. The number of hydrogen-bond acceptors (Lipinski definition) is 7. The molecule has 0 aliphatic carbocycles. The first-order valence-corrected chi connectivity index (χ1v) is 7.67. The molecule has 0 aliphatic rings. The van der Waals surface area contributed by atoms with Crippen molar-refractivity contribution in [3.05, 3.63) is 30.4 Å². The molecule has 7 nitrogen and oxygen atoms in total. The van der Waals surface area contributed by atoms with E-state index in [9.17, 15) is 0 Å². The summed E-state index contributed by atoms with van der Waals surface area (Å²) in [5, 5.41) is 14.1. The van der Waals surface area contributed by atoms with Crippen molar-refractivity contribution in [2.75, 3.05) is 12.3 Å². The predicted molar refractivity (Wildman–Crippen MR) is 84.1 cm³/mol. The van der Waals surface area contributed by atoms with E-state index in [0.29, 0.717) is 35.6 Å². The van der Waals surface area contributed by atoms with Gasteiger partial charge in [0.05, 0.1) is 5.52 Å². The molecular formula is C14H13N5O2S. The van der Waals surface area contributed by atoms with Crippen LogP contribution in [0.15, 0.2) is 28.9 Å². The van der Waals surface area contributed by atoms with Crippen molar-refractivity contribution < 1.29 is 9.52 Å². The molecule has 0 spiro atoms. The Balaban J connectivity index is 1.91. The number of aliphatic hydroxyl groups is 1. The predicted octanol–water partition coefficient (Wildman–Crippen LogP) is 2.13. The molecular weight excluding hydrogens is 302 g/mol. The molecule has 0 amide bonds. The molecule has 0 saturated carbocycles. The van der Waals surface area contributed by atoms with Gasteiger partial charge in [0, 0.05) is 31.5 Å². The number of nitrogens with two attached hydrogens (primary N) is 1. The quantitative estimate of drug-likeness (QED) is 0.598. The molecule has 0 atom stereocenters. The third-order valence-electron chi connectivity index (χ3n) is 3.34. The Morgan fingerprint density at radius 3 is 3.05 bits per heavy atom. The largest absolute Gasteiger partial charge is 0.439 e. The lowest BCUT2D eigenvalue weighted by Crippen LogP contribution is -1.92. The topological polar surface area (TPSA) is 103 Å². The van der Waals surface area contributed by atoms with E-state index in [1.165, 1.54) is 11.3 Å². The molecule has 4 aromatic heterocycles. The fourth-order valence-electron chi connectivity index (χ4n) is 2.34. The van der Waals surface area contributed by atoms with E-state index in [1.54, 1.807) is 10.9 Å². The number of nitrogens with zero attached hydrogens (tertiary/aromatic N) is 4. The van der Waals surface area contributed by atoms with Gasteiger partial charge in [0.1, 0.15) is 9.70 Å². The molecule has 8 heteroatoms. The highest BCUT2D eigenvalue weighted by Crippen LogP contribution is 2.35. The second-order valence-electron chi connectivity index (χ2n) is 4.86. The van der Waals surface area contributed by atoms with E-state index in [2.05, 4.69) is 15.1 Å². The molecule has 0 saturated heterocycles. The molecule has 0 radical (unpaired) electrons. The highest BCUT2D eigenvalue weighted by molar-refractivity contribution is 7.22. The Kier molecular flexibility index (Phi) is 3.05. The smallest absolute Gasteiger partial charge is 0.195 e. The minimum absolute atomic E-state index is 0.102. The molecule has 0 bridgehead atoms. The van der Waals surface area contributed by atoms with Crippen LogP contribution in [-0.2, 0) is 6.42 Å². The van der Waals surface area contributed by atoms with Gasteiger partial charge in [0.2, 0.25) is 0 Å². The van der Waals surface area contributed by atoms with Gasteiger partial charge in [-0.05, 0) is 12.5 Å². The molecule has 112 valence electrons. The number of aliphatic hydroxyl groups excluding tert-OH is 1. The summed E-state index contributed by atoms with van der Waals surface area (Å²) < 4.78 is 8.51. The first-order valence-electron chi connectivity index (χ1n) is 6.85. The fraction of sp³-hybridized carbons (Fsp3) is 0.214. The summed E-state index contributed by atoms with van der Waals surface area (Å²) in [5.41, 5.74) is 7.99. The lowest BCUT2D eigenvalue weighted by molar-refractivity contribution is 0.284. The average Bonchev–Trinajstić information content (AvgIpc) is 3.22. The number of anilines is 1. The van der Waals surface area contributed by atoms with Gasteiger partial charge >= 0.3 is 0 Å². The lowest BCUT2D eigenvalue weighted by Gasteiger charge is -1.93. The minimum Gasteiger partial charge on any atom is -0.439 e. The molecule has 4 heterocycles. The summed E-state index contributed by atoms with van der Waals surface area (Å²) in [5.74, 6) is 0.922. The number of fused-ring (bicyclic) bond motifs is 3. The van der Waals surface area contributed by atoms with Crippen molar-refractivity contribution in [2.24, 2.45) is 0 Å². The zero-order valence-corrected chi connectivity index (χ0v) is 12.4. The highest BCUT2D eigenvalue weighted by Gasteiger charge is 2.17. The average molecular weight is 315 g/mol. The Morgan fingerprint density at radius 2 is 2.27 bits per heavy atom. The summed E-state index contributed by atoms with van der Waals surface area (Å²) in [4.78, 5) is 8.79.